The summed E-state index contributed by atoms with van der Waals surface area (Å²) in [4.78, 5) is 57.8. The zero-order chi connectivity index (χ0) is 35.6. The molecule has 2 saturated heterocycles. The topological polar surface area (TPSA) is 179 Å². The van der Waals surface area contributed by atoms with E-state index in [1.807, 2.05) is 36.1 Å². The highest BCUT2D eigenvalue weighted by molar-refractivity contribution is 14.1. The molecule has 14 heteroatoms. The van der Waals surface area contributed by atoms with Crippen molar-refractivity contribution in [1.82, 2.24) is 19.4 Å². The Morgan fingerprint density at radius 1 is 1.08 bits per heavy atom. The fraction of sp³-hybridized carbons (Fsp3) is 0.361. The van der Waals surface area contributed by atoms with Gasteiger partial charge in [0.1, 0.15) is 23.7 Å². The number of anilines is 2. The van der Waals surface area contributed by atoms with Gasteiger partial charge in [-0.3, -0.25) is 34.6 Å². The number of nitrogens with one attached hydrogen (secondary N) is 1. The van der Waals surface area contributed by atoms with E-state index >= 15 is 0 Å². The van der Waals surface area contributed by atoms with Crippen molar-refractivity contribution >= 4 is 69.4 Å². The first kappa shape index (κ1) is 35.1. The van der Waals surface area contributed by atoms with Crippen molar-refractivity contribution in [3.63, 3.8) is 0 Å². The number of pyridine rings is 2. The van der Waals surface area contributed by atoms with Gasteiger partial charge in [-0.25, -0.2) is 9.98 Å². The number of amidine groups is 1. The van der Waals surface area contributed by atoms with Gasteiger partial charge >= 0.3 is 0 Å². The third kappa shape index (κ3) is 7.12. The van der Waals surface area contributed by atoms with Gasteiger partial charge in [0, 0.05) is 56.6 Å². The highest BCUT2D eigenvalue weighted by Gasteiger charge is 2.51. The Morgan fingerprint density at radius 2 is 1.82 bits per heavy atom. The van der Waals surface area contributed by atoms with Gasteiger partial charge < -0.3 is 20.9 Å². The summed E-state index contributed by atoms with van der Waals surface area (Å²) in [6.45, 7) is 5.00. The zero-order valence-electron chi connectivity index (χ0n) is 28.2. The van der Waals surface area contributed by atoms with E-state index in [2.05, 4.69) is 48.5 Å². The molecule has 50 heavy (non-hydrogen) atoms. The van der Waals surface area contributed by atoms with Crippen LogP contribution in [0.3, 0.4) is 0 Å². The van der Waals surface area contributed by atoms with Gasteiger partial charge in [-0.05, 0) is 62.1 Å². The molecule has 0 saturated carbocycles. The Bertz CT molecular complexity index is 1970. The lowest BCUT2D eigenvalue weighted by molar-refractivity contribution is -0.132. The number of benzene rings is 1. The molecule has 2 amide bonds. The first-order valence-corrected chi connectivity index (χ1v) is 17.8. The minimum Gasteiger partial charge on any atom is -0.397 e. The van der Waals surface area contributed by atoms with Crippen LogP contribution in [-0.4, -0.2) is 95.4 Å². The van der Waals surface area contributed by atoms with Crippen molar-refractivity contribution in [2.24, 2.45) is 21.1 Å². The lowest BCUT2D eigenvalue weighted by atomic mass is 9.85. The van der Waals surface area contributed by atoms with Gasteiger partial charge in [-0.15, -0.1) is 0 Å². The lowest BCUT2D eigenvalue weighted by Gasteiger charge is -2.29. The van der Waals surface area contributed by atoms with Crippen LogP contribution in [0.15, 0.2) is 75.6 Å². The Morgan fingerprint density at radius 3 is 2.52 bits per heavy atom. The monoisotopic (exact) mass is 788 g/mol. The van der Waals surface area contributed by atoms with Crippen LogP contribution >= 0.6 is 22.6 Å². The van der Waals surface area contributed by atoms with Gasteiger partial charge in [-0.1, -0.05) is 52.9 Å². The third-order valence-corrected chi connectivity index (χ3v) is 10.4. The highest BCUT2D eigenvalue weighted by Crippen LogP contribution is 2.42. The quantitative estimate of drug-likeness (QED) is 0.129. The molecule has 3 aromatic rings. The summed E-state index contributed by atoms with van der Waals surface area (Å²) in [5.41, 5.74) is 15.8. The molecule has 2 aromatic heterocycles. The number of likely N-dealkylation sites (tertiary alicyclic amines) is 1. The predicted octanol–water partition coefficient (Wildman–Crippen LogP) is 3.30. The van der Waals surface area contributed by atoms with Crippen LogP contribution in [0.1, 0.15) is 52.6 Å². The molecule has 3 aliphatic rings. The molecule has 1 spiro atoms. The maximum Gasteiger partial charge on any atom is 0.251 e. The van der Waals surface area contributed by atoms with Crippen LogP contribution in [0.5, 0.6) is 0 Å². The van der Waals surface area contributed by atoms with Gasteiger partial charge in [0.05, 0.1) is 27.4 Å². The molecule has 2 fully saturated rings. The Hall–Kier alpha value is -4.70. The SMILES string of the molecule is CN=CN=C(N)c1ccc(C2=CCN(C(=O)CN3CC[C@]4(CCN(c5ccc(N)c(C(=N)c6ccc(=O)n(C(C)I)c6)n5)C4=O)C3)CC2)cc1. The maximum atomic E-state index is 13.9. The molecule has 1 unspecified atom stereocenters. The summed E-state index contributed by atoms with van der Waals surface area (Å²) in [5.74, 6) is 0.893. The molecule has 1 aromatic carbocycles. The number of halogens is 1. The second-order valence-corrected chi connectivity index (χ2v) is 14.8. The van der Waals surface area contributed by atoms with Gasteiger partial charge in [-0.2, -0.15) is 0 Å². The predicted molar refractivity (Wildman–Crippen MR) is 205 cm³/mol. The summed E-state index contributed by atoms with van der Waals surface area (Å²) in [5, 5.41) is 8.85. The maximum absolute atomic E-state index is 13.9. The first-order valence-electron chi connectivity index (χ1n) is 16.6. The molecule has 2 atom stereocenters. The fourth-order valence-corrected chi connectivity index (χ4v) is 7.32. The number of hydrogen-bond donors (Lipinski definition) is 3. The average molecular weight is 789 g/mol. The number of nitrogen functional groups attached to an aromatic ring is 1. The molecule has 0 radical (unpaired) electrons. The molecule has 3 aliphatic heterocycles. The van der Waals surface area contributed by atoms with Crippen LogP contribution in [0, 0.1) is 10.8 Å². The van der Waals surface area contributed by atoms with Gasteiger partial charge in [0.2, 0.25) is 11.8 Å². The fourth-order valence-electron chi connectivity index (χ4n) is 6.89. The van der Waals surface area contributed by atoms with Crippen LogP contribution < -0.4 is 21.9 Å². The molecular formula is C36H41IN10O3. The molecule has 6 rings (SSSR count). The van der Waals surface area contributed by atoms with Crippen molar-refractivity contribution in [3.05, 3.63) is 93.5 Å². The molecule has 13 nitrogen and oxygen atoms in total. The number of rotatable bonds is 9. The van der Waals surface area contributed by atoms with Gasteiger partial charge in [0.15, 0.2) is 0 Å². The molecule has 0 bridgehead atoms. The Kier molecular flexibility index (Phi) is 10.3. The van der Waals surface area contributed by atoms with Crippen LogP contribution in [-0.2, 0) is 9.59 Å². The minimum atomic E-state index is -0.582. The Labute approximate surface area is 304 Å². The van der Waals surface area contributed by atoms with Crippen LogP contribution in [0.4, 0.5) is 11.5 Å². The smallest absolute Gasteiger partial charge is 0.251 e. The molecule has 0 aliphatic carbocycles. The van der Waals surface area contributed by atoms with Crippen molar-refractivity contribution in [1.29, 1.82) is 5.41 Å². The number of alkyl halides is 1. The average Bonchev–Trinajstić information content (AvgIpc) is 3.68. The largest absolute Gasteiger partial charge is 0.397 e. The summed E-state index contributed by atoms with van der Waals surface area (Å²) >= 11 is 2.14. The van der Waals surface area contributed by atoms with Gasteiger partial charge in [0.25, 0.3) is 5.56 Å². The van der Waals surface area contributed by atoms with Crippen molar-refractivity contribution in [2.75, 3.05) is 56.9 Å². The minimum absolute atomic E-state index is 0.0161. The number of amides is 2. The number of nitrogens with zero attached hydrogens (tertiary/aromatic N) is 7. The van der Waals surface area contributed by atoms with E-state index in [-0.39, 0.29) is 39.4 Å². The lowest BCUT2D eigenvalue weighted by Crippen LogP contribution is -2.43. The standard InChI is InChI=1S/C36H41IN10O3/c1-23(37)47-19-27(7-10-30(47)48)32(39)33-28(38)8-9-29(43-33)46-18-14-36(35(46)50)13-17-44(21-36)20-31(49)45-15-11-25(12-16-45)24-3-5-26(6-4-24)34(40)42-22-41-2/h3-11,19,22-23,39H,12-18,20-21,38H2,1-2H3,(H2,40,41,42)/t23?,36-/m0/s1. The number of carbonyl (C=O) groups excluding carboxylic acids is 2. The highest BCUT2D eigenvalue weighted by atomic mass is 127. The molecular weight excluding hydrogens is 747 g/mol. The van der Waals surface area contributed by atoms with Crippen molar-refractivity contribution in [2.45, 2.75) is 30.2 Å². The molecule has 260 valence electrons. The van der Waals surface area contributed by atoms with E-state index < -0.39 is 5.41 Å². The summed E-state index contributed by atoms with van der Waals surface area (Å²) in [7, 11) is 1.64. The van der Waals surface area contributed by atoms with Crippen LogP contribution in [0.2, 0.25) is 0 Å². The molecule has 5 N–H and O–H groups in total. The number of carbonyl (C=O) groups is 2. The number of nitrogens with two attached hydrogens (primary N) is 2. The van der Waals surface area contributed by atoms with E-state index in [0.29, 0.717) is 68.5 Å². The summed E-state index contributed by atoms with van der Waals surface area (Å²) in [6.07, 6.45) is 7.25. The normalized spacial score (nSPS) is 20.6. The Balaban J connectivity index is 1.07. The second kappa shape index (κ2) is 14.6. The first-order chi connectivity index (χ1) is 24.0. The van der Waals surface area contributed by atoms with E-state index in [1.54, 1.807) is 40.9 Å². The zero-order valence-corrected chi connectivity index (χ0v) is 30.3. The summed E-state index contributed by atoms with van der Waals surface area (Å²) in [6, 6.07) is 14.3. The number of hydrogen-bond acceptors (Lipinski definition) is 8. The second-order valence-electron chi connectivity index (χ2n) is 13.0. The van der Waals surface area contributed by atoms with E-state index in [0.717, 1.165) is 17.5 Å². The van der Waals surface area contributed by atoms with E-state index in [9.17, 15) is 14.4 Å². The van der Waals surface area contributed by atoms with Crippen molar-refractivity contribution in [3.8, 4) is 0 Å². The number of aromatic nitrogens is 2. The van der Waals surface area contributed by atoms with Crippen molar-refractivity contribution < 1.29 is 9.59 Å². The number of aliphatic imine (C=N–C) groups is 2. The summed E-state index contributed by atoms with van der Waals surface area (Å²) < 4.78 is 1.45. The molecule has 5 heterocycles. The van der Waals surface area contributed by atoms with Crippen LogP contribution in [0.25, 0.3) is 5.57 Å². The van der Waals surface area contributed by atoms with E-state index in [1.165, 1.54) is 18.0 Å². The van der Waals surface area contributed by atoms with E-state index in [4.69, 9.17) is 16.9 Å². The third-order valence-electron chi connectivity index (χ3n) is 9.77.